The van der Waals surface area contributed by atoms with Gasteiger partial charge in [0, 0.05) is 15.1 Å². The molecule has 1 saturated carbocycles. The molecule has 1 aromatic rings. The second kappa shape index (κ2) is 6.38. The molecule has 0 saturated heterocycles. The lowest BCUT2D eigenvalue weighted by Crippen LogP contribution is -2.21. The summed E-state index contributed by atoms with van der Waals surface area (Å²) in [6.45, 7) is 2.24. The molecule has 0 atom stereocenters. The maximum absolute atomic E-state index is 12.4. The third-order valence-corrected chi connectivity index (χ3v) is 5.57. The molecule has 1 aliphatic rings. The van der Waals surface area contributed by atoms with Crippen LogP contribution in [0.5, 0.6) is 0 Å². The van der Waals surface area contributed by atoms with Gasteiger partial charge in [0.1, 0.15) is 0 Å². The largest absolute Gasteiger partial charge is 0.294 e. The van der Waals surface area contributed by atoms with Crippen LogP contribution in [0.25, 0.3) is 0 Å². The van der Waals surface area contributed by atoms with Gasteiger partial charge in [-0.1, -0.05) is 31.0 Å². The zero-order valence-corrected chi connectivity index (χ0v) is 13.5. The van der Waals surface area contributed by atoms with E-state index in [4.69, 9.17) is 11.6 Å². The molecule has 2 rings (SSSR count). The maximum Gasteiger partial charge on any atom is 0.165 e. The standard InChI is InChI=1S/C15H18ClIO/c1-2-10-3-5-11(6-4-10)15(18)12-7-8-14(17)13(16)9-12/h7-11H,2-6H2,1H3. The predicted molar refractivity (Wildman–Crippen MR) is 84.2 cm³/mol. The zero-order valence-electron chi connectivity index (χ0n) is 10.6. The van der Waals surface area contributed by atoms with Crippen LogP contribution in [0, 0.1) is 15.4 Å². The molecule has 98 valence electrons. The molecule has 1 nitrogen and oxygen atoms in total. The second-order valence-corrected chi connectivity index (χ2v) is 6.69. The molecule has 0 unspecified atom stereocenters. The number of hydrogen-bond acceptors (Lipinski definition) is 1. The minimum Gasteiger partial charge on any atom is -0.294 e. The molecule has 0 amide bonds. The van der Waals surface area contributed by atoms with E-state index in [1.807, 2.05) is 18.2 Å². The molecule has 0 aromatic heterocycles. The van der Waals surface area contributed by atoms with Crippen LogP contribution in [0.3, 0.4) is 0 Å². The van der Waals surface area contributed by atoms with Crippen LogP contribution in [0.2, 0.25) is 5.02 Å². The molecule has 0 radical (unpaired) electrons. The van der Waals surface area contributed by atoms with Gasteiger partial charge in [-0.25, -0.2) is 0 Å². The Bertz CT molecular complexity index is 436. The summed E-state index contributed by atoms with van der Waals surface area (Å²) >= 11 is 8.27. The summed E-state index contributed by atoms with van der Waals surface area (Å²) in [6, 6.07) is 5.65. The third kappa shape index (κ3) is 3.27. The first-order chi connectivity index (χ1) is 8.61. The second-order valence-electron chi connectivity index (χ2n) is 5.12. The van der Waals surface area contributed by atoms with E-state index < -0.39 is 0 Å². The van der Waals surface area contributed by atoms with Gasteiger partial charge in [-0.15, -0.1) is 0 Å². The normalized spacial score (nSPS) is 23.9. The van der Waals surface area contributed by atoms with Gasteiger partial charge in [0.2, 0.25) is 0 Å². The van der Waals surface area contributed by atoms with Gasteiger partial charge in [-0.3, -0.25) is 4.79 Å². The summed E-state index contributed by atoms with van der Waals surface area (Å²) in [6.07, 6.45) is 5.73. The molecule has 3 heteroatoms. The molecular weight excluding hydrogens is 359 g/mol. The van der Waals surface area contributed by atoms with Crippen molar-refractivity contribution < 1.29 is 4.79 Å². The van der Waals surface area contributed by atoms with Gasteiger partial charge in [0.05, 0.1) is 5.02 Å². The SMILES string of the molecule is CCC1CCC(C(=O)c2ccc(I)c(Cl)c2)CC1. The summed E-state index contributed by atoms with van der Waals surface area (Å²) < 4.78 is 1.00. The number of halogens is 2. The van der Waals surface area contributed by atoms with Crippen molar-refractivity contribution in [1.82, 2.24) is 0 Å². The van der Waals surface area contributed by atoms with E-state index in [-0.39, 0.29) is 11.7 Å². The number of Topliss-reactive ketones (excluding diaryl/α,β-unsaturated/α-hetero) is 1. The van der Waals surface area contributed by atoms with Crippen LogP contribution in [0.1, 0.15) is 49.4 Å². The first-order valence-corrected chi connectivity index (χ1v) is 8.06. The Morgan fingerprint density at radius 1 is 1.33 bits per heavy atom. The van der Waals surface area contributed by atoms with E-state index in [2.05, 4.69) is 29.5 Å². The highest BCUT2D eigenvalue weighted by Crippen LogP contribution is 2.33. The topological polar surface area (TPSA) is 17.1 Å². The fourth-order valence-corrected chi connectivity index (χ4v) is 3.23. The summed E-state index contributed by atoms with van der Waals surface area (Å²) in [4.78, 5) is 12.4. The minimum atomic E-state index is 0.212. The van der Waals surface area contributed by atoms with E-state index in [1.165, 1.54) is 19.3 Å². The van der Waals surface area contributed by atoms with Crippen LogP contribution in [-0.2, 0) is 0 Å². The smallest absolute Gasteiger partial charge is 0.165 e. The lowest BCUT2D eigenvalue weighted by Gasteiger charge is -2.26. The lowest BCUT2D eigenvalue weighted by atomic mass is 9.78. The summed E-state index contributed by atoms with van der Waals surface area (Å²) in [5, 5.41) is 0.684. The highest BCUT2D eigenvalue weighted by atomic mass is 127. The molecule has 1 aliphatic carbocycles. The van der Waals surface area contributed by atoms with Gasteiger partial charge in [-0.2, -0.15) is 0 Å². The van der Waals surface area contributed by atoms with Crippen LogP contribution in [-0.4, -0.2) is 5.78 Å². The van der Waals surface area contributed by atoms with Crippen LogP contribution < -0.4 is 0 Å². The molecule has 0 aliphatic heterocycles. The van der Waals surface area contributed by atoms with Gasteiger partial charge in [-0.05, 0) is 66.3 Å². The van der Waals surface area contributed by atoms with Crippen LogP contribution in [0.4, 0.5) is 0 Å². The minimum absolute atomic E-state index is 0.212. The predicted octanol–water partition coefficient (Wildman–Crippen LogP) is 5.34. The Morgan fingerprint density at radius 2 is 2.00 bits per heavy atom. The van der Waals surface area contributed by atoms with Gasteiger partial charge >= 0.3 is 0 Å². The fourth-order valence-electron chi connectivity index (χ4n) is 2.72. The van der Waals surface area contributed by atoms with Gasteiger partial charge in [0.25, 0.3) is 0 Å². The van der Waals surface area contributed by atoms with Crippen LogP contribution >= 0.6 is 34.2 Å². The average molecular weight is 377 g/mol. The van der Waals surface area contributed by atoms with E-state index in [0.717, 1.165) is 27.9 Å². The van der Waals surface area contributed by atoms with Crippen molar-refractivity contribution in [2.75, 3.05) is 0 Å². The highest BCUT2D eigenvalue weighted by molar-refractivity contribution is 14.1. The maximum atomic E-state index is 12.4. The summed E-state index contributed by atoms with van der Waals surface area (Å²) in [5.74, 6) is 1.32. The van der Waals surface area contributed by atoms with Crippen molar-refractivity contribution in [1.29, 1.82) is 0 Å². The van der Waals surface area contributed by atoms with Gasteiger partial charge in [0.15, 0.2) is 5.78 Å². The summed E-state index contributed by atoms with van der Waals surface area (Å²) in [5.41, 5.74) is 0.778. The van der Waals surface area contributed by atoms with E-state index in [1.54, 1.807) is 0 Å². The molecule has 18 heavy (non-hydrogen) atoms. The average Bonchev–Trinajstić information content (AvgIpc) is 2.41. The fraction of sp³-hybridized carbons (Fsp3) is 0.533. The number of rotatable bonds is 3. The van der Waals surface area contributed by atoms with E-state index in [0.29, 0.717) is 5.02 Å². The number of benzene rings is 1. The Morgan fingerprint density at radius 3 is 2.56 bits per heavy atom. The van der Waals surface area contributed by atoms with Crippen molar-refractivity contribution in [2.24, 2.45) is 11.8 Å². The Balaban J connectivity index is 2.05. The number of ketones is 1. The first-order valence-electron chi connectivity index (χ1n) is 6.61. The third-order valence-electron chi connectivity index (χ3n) is 4.00. The Hall–Kier alpha value is -0.0900. The van der Waals surface area contributed by atoms with Gasteiger partial charge < -0.3 is 0 Å². The molecule has 0 N–H and O–H groups in total. The number of carbonyl (C=O) groups is 1. The molecule has 0 bridgehead atoms. The van der Waals surface area contributed by atoms with Crippen molar-refractivity contribution in [3.8, 4) is 0 Å². The first kappa shape index (κ1) is 14.3. The van der Waals surface area contributed by atoms with Crippen molar-refractivity contribution >= 4 is 40.0 Å². The number of hydrogen-bond donors (Lipinski definition) is 0. The van der Waals surface area contributed by atoms with E-state index >= 15 is 0 Å². The molecule has 0 heterocycles. The molecule has 1 aromatic carbocycles. The van der Waals surface area contributed by atoms with Crippen molar-refractivity contribution in [3.05, 3.63) is 32.4 Å². The molecule has 1 fully saturated rings. The Labute approximate surface area is 127 Å². The van der Waals surface area contributed by atoms with E-state index in [9.17, 15) is 4.79 Å². The quantitative estimate of drug-likeness (QED) is 0.514. The van der Waals surface area contributed by atoms with Crippen molar-refractivity contribution in [3.63, 3.8) is 0 Å². The highest BCUT2D eigenvalue weighted by Gasteiger charge is 2.26. The monoisotopic (exact) mass is 376 g/mol. The van der Waals surface area contributed by atoms with Crippen LogP contribution in [0.15, 0.2) is 18.2 Å². The summed E-state index contributed by atoms with van der Waals surface area (Å²) in [7, 11) is 0. The number of carbonyl (C=O) groups excluding carboxylic acids is 1. The lowest BCUT2D eigenvalue weighted by molar-refractivity contribution is 0.0871. The Kier molecular flexibility index (Phi) is 5.07. The molecular formula is C15H18ClIO. The van der Waals surface area contributed by atoms with Crippen molar-refractivity contribution in [2.45, 2.75) is 39.0 Å². The molecule has 0 spiro atoms. The zero-order chi connectivity index (χ0) is 13.1.